The summed E-state index contributed by atoms with van der Waals surface area (Å²) in [7, 11) is 0. The van der Waals surface area contributed by atoms with Gasteiger partial charge in [-0.05, 0) is 0 Å². The van der Waals surface area contributed by atoms with Crippen LogP contribution >= 0.6 is 0 Å². The molecule has 0 saturated carbocycles. The number of quaternary nitrogens is 3. The number of halogens is 3. The van der Waals surface area contributed by atoms with Crippen LogP contribution in [0.25, 0.3) is 0 Å². The van der Waals surface area contributed by atoms with Gasteiger partial charge in [-0.1, -0.05) is 18.2 Å². The summed E-state index contributed by atoms with van der Waals surface area (Å²) in [5.41, 5.74) is 15.7. The molecule has 0 unspecified atom stereocenters. The molecule has 0 radical (unpaired) electrons. The Balaban J connectivity index is -0.000000480. The fourth-order valence-electron chi connectivity index (χ4n) is 1.48. The molecular formula is C9H18I3N3. The van der Waals surface area contributed by atoms with Gasteiger partial charge in [0.25, 0.3) is 0 Å². The number of rotatable bonds is 3. The molecule has 1 aromatic rings. The molecule has 90 valence electrons. The maximum absolute atomic E-state index is 3.92. The van der Waals surface area contributed by atoms with E-state index in [1.165, 1.54) is 16.7 Å². The molecule has 0 aliphatic heterocycles. The van der Waals surface area contributed by atoms with Gasteiger partial charge in [0.2, 0.25) is 0 Å². The van der Waals surface area contributed by atoms with Gasteiger partial charge in [-0.15, -0.1) is 0 Å². The number of hydrogen-bond donors (Lipinski definition) is 3. The van der Waals surface area contributed by atoms with E-state index in [2.05, 4.69) is 35.4 Å². The summed E-state index contributed by atoms with van der Waals surface area (Å²) in [6.45, 7) is 2.54. The molecule has 0 spiro atoms. The Morgan fingerprint density at radius 3 is 1.40 bits per heavy atom. The third-order valence-electron chi connectivity index (χ3n) is 2.16. The highest BCUT2D eigenvalue weighted by Crippen LogP contribution is 2.11. The second-order valence-electron chi connectivity index (χ2n) is 2.80. The zero-order valence-electron chi connectivity index (χ0n) is 8.61. The molecule has 0 atom stereocenters. The Kier molecular flexibility index (Phi) is 16.9. The van der Waals surface area contributed by atoms with Crippen LogP contribution in [0, 0.1) is 0 Å². The highest BCUT2D eigenvalue weighted by molar-refractivity contribution is 5.33. The third-order valence-corrected chi connectivity index (χ3v) is 2.16. The topological polar surface area (TPSA) is 82.9 Å². The summed E-state index contributed by atoms with van der Waals surface area (Å²) < 4.78 is 0. The summed E-state index contributed by atoms with van der Waals surface area (Å²) in [4.78, 5) is 0. The average Bonchev–Trinajstić information content (AvgIpc) is 2.16. The normalized spacial score (nSPS) is 8.20. The molecule has 6 heteroatoms. The van der Waals surface area contributed by atoms with Crippen LogP contribution in [-0.4, -0.2) is 0 Å². The SMILES string of the molecule is [I-].[I-].[I-].[NH3+]Cc1cccc(C[NH3+])c1C[NH3+]. The molecule has 3 nitrogen and oxygen atoms in total. The van der Waals surface area contributed by atoms with Gasteiger partial charge in [0.15, 0.2) is 0 Å². The van der Waals surface area contributed by atoms with E-state index < -0.39 is 0 Å². The molecule has 0 heterocycles. The molecule has 1 aromatic carbocycles. The zero-order chi connectivity index (χ0) is 8.97. The summed E-state index contributed by atoms with van der Waals surface area (Å²) >= 11 is 0. The smallest absolute Gasteiger partial charge is 0.101 e. The summed E-state index contributed by atoms with van der Waals surface area (Å²) in [5.74, 6) is 0. The minimum atomic E-state index is 0. The highest BCUT2D eigenvalue weighted by atomic mass is 127. The standard InChI is InChI=1S/C9H15N3.3HI/c10-4-7-2-1-3-8(5-11)9(7)6-12;;;/h1-3H,4-6,10-12H2;3*1H. The lowest BCUT2D eigenvalue weighted by atomic mass is 10.0. The maximum Gasteiger partial charge on any atom is 0.101 e. The number of hydrogen-bond acceptors (Lipinski definition) is 0. The van der Waals surface area contributed by atoms with Crippen molar-refractivity contribution in [2.75, 3.05) is 0 Å². The van der Waals surface area contributed by atoms with E-state index in [-0.39, 0.29) is 71.9 Å². The molecule has 0 saturated heterocycles. The van der Waals surface area contributed by atoms with Crippen LogP contribution in [0.15, 0.2) is 18.2 Å². The van der Waals surface area contributed by atoms with Gasteiger partial charge in [0.05, 0.1) is 0 Å². The second-order valence-corrected chi connectivity index (χ2v) is 2.80. The zero-order valence-corrected chi connectivity index (χ0v) is 15.1. The van der Waals surface area contributed by atoms with Crippen molar-refractivity contribution in [3.05, 3.63) is 34.9 Å². The van der Waals surface area contributed by atoms with Crippen molar-refractivity contribution >= 4 is 0 Å². The van der Waals surface area contributed by atoms with Crippen molar-refractivity contribution in [1.29, 1.82) is 0 Å². The van der Waals surface area contributed by atoms with Gasteiger partial charge in [-0.3, -0.25) is 0 Å². The molecule has 0 aliphatic rings. The molecule has 0 amide bonds. The first-order valence-electron chi connectivity index (χ1n) is 4.30. The van der Waals surface area contributed by atoms with Gasteiger partial charge in [-0.25, -0.2) is 0 Å². The van der Waals surface area contributed by atoms with Crippen molar-refractivity contribution in [1.82, 2.24) is 0 Å². The Hall–Kier alpha value is 1.29. The Bertz CT molecular complexity index is 247. The summed E-state index contributed by atoms with van der Waals surface area (Å²) in [5, 5.41) is 0. The Labute approximate surface area is 142 Å². The van der Waals surface area contributed by atoms with Crippen molar-refractivity contribution in [3.8, 4) is 0 Å². The average molecular weight is 549 g/mol. The van der Waals surface area contributed by atoms with E-state index in [0.717, 1.165) is 19.6 Å². The van der Waals surface area contributed by atoms with Crippen LogP contribution in [0.2, 0.25) is 0 Å². The molecule has 1 rings (SSSR count). The predicted octanol–water partition coefficient (Wildman–Crippen LogP) is -11.1. The van der Waals surface area contributed by atoms with E-state index in [1.54, 1.807) is 0 Å². The molecule has 9 N–H and O–H groups in total. The largest absolute Gasteiger partial charge is 1.00 e. The van der Waals surface area contributed by atoms with Gasteiger partial charge in [-0.2, -0.15) is 0 Å². The number of benzene rings is 1. The first-order valence-corrected chi connectivity index (χ1v) is 4.30. The van der Waals surface area contributed by atoms with Crippen molar-refractivity contribution < 1.29 is 89.1 Å². The van der Waals surface area contributed by atoms with Crippen LogP contribution in [0.1, 0.15) is 16.7 Å². The summed E-state index contributed by atoms with van der Waals surface area (Å²) in [6, 6.07) is 6.31. The highest BCUT2D eigenvalue weighted by Gasteiger charge is 2.07. The minimum absolute atomic E-state index is 0. The molecule has 0 aromatic heterocycles. The first-order chi connectivity index (χ1) is 5.83. The molecule has 0 aliphatic carbocycles. The van der Waals surface area contributed by atoms with E-state index >= 15 is 0 Å². The second kappa shape index (κ2) is 11.8. The van der Waals surface area contributed by atoms with Crippen LogP contribution < -0.4 is 89.1 Å². The van der Waals surface area contributed by atoms with Gasteiger partial charge >= 0.3 is 0 Å². The van der Waals surface area contributed by atoms with E-state index in [4.69, 9.17) is 0 Å². The Morgan fingerprint density at radius 2 is 1.13 bits per heavy atom. The van der Waals surface area contributed by atoms with Crippen LogP contribution in [0.4, 0.5) is 0 Å². The lowest BCUT2D eigenvalue weighted by Gasteiger charge is -2.05. The van der Waals surface area contributed by atoms with E-state index in [9.17, 15) is 0 Å². The fraction of sp³-hybridized carbons (Fsp3) is 0.333. The lowest BCUT2D eigenvalue weighted by molar-refractivity contribution is -0.399. The quantitative estimate of drug-likeness (QED) is 0.314. The van der Waals surface area contributed by atoms with Crippen LogP contribution in [0.5, 0.6) is 0 Å². The monoisotopic (exact) mass is 549 g/mol. The van der Waals surface area contributed by atoms with Gasteiger partial charge in [0.1, 0.15) is 19.6 Å². The van der Waals surface area contributed by atoms with Crippen molar-refractivity contribution in [2.24, 2.45) is 0 Å². The molecular weight excluding hydrogens is 531 g/mol. The van der Waals surface area contributed by atoms with Crippen molar-refractivity contribution in [3.63, 3.8) is 0 Å². The van der Waals surface area contributed by atoms with E-state index in [1.807, 2.05) is 0 Å². The van der Waals surface area contributed by atoms with Gasteiger partial charge < -0.3 is 89.1 Å². The predicted molar refractivity (Wildman–Crippen MR) is 46.2 cm³/mol. The summed E-state index contributed by atoms with van der Waals surface area (Å²) in [6.07, 6.45) is 0. The maximum atomic E-state index is 3.92. The van der Waals surface area contributed by atoms with E-state index in [0.29, 0.717) is 0 Å². The third kappa shape index (κ3) is 5.96. The Morgan fingerprint density at radius 1 is 0.733 bits per heavy atom. The minimum Gasteiger partial charge on any atom is -1.00 e. The lowest BCUT2D eigenvalue weighted by Crippen LogP contribution is -3.00. The van der Waals surface area contributed by atoms with Crippen LogP contribution in [-0.2, 0) is 19.6 Å². The molecule has 0 fully saturated rings. The van der Waals surface area contributed by atoms with Crippen LogP contribution in [0.3, 0.4) is 0 Å². The molecule has 0 bridgehead atoms. The fourth-order valence-corrected chi connectivity index (χ4v) is 1.48. The van der Waals surface area contributed by atoms with Gasteiger partial charge in [0, 0.05) is 16.7 Å². The molecule has 15 heavy (non-hydrogen) atoms. The van der Waals surface area contributed by atoms with Crippen molar-refractivity contribution in [2.45, 2.75) is 19.6 Å². The first kappa shape index (κ1) is 21.6.